The summed E-state index contributed by atoms with van der Waals surface area (Å²) in [4.78, 5) is 2.47. The number of aliphatic hydroxyl groups excluding tert-OH is 1. The van der Waals surface area contributed by atoms with E-state index in [0.29, 0.717) is 0 Å². The summed E-state index contributed by atoms with van der Waals surface area (Å²) in [6.07, 6.45) is 3.19. The predicted molar refractivity (Wildman–Crippen MR) is 86.6 cm³/mol. The largest absolute Gasteiger partial charge is 0.491 e. The first-order valence-electron chi connectivity index (χ1n) is 8.21. The topological polar surface area (TPSA) is 32.7 Å². The van der Waals surface area contributed by atoms with Crippen LogP contribution in [0.3, 0.4) is 0 Å². The predicted octanol–water partition coefficient (Wildman–Crippen LogP) is 3.63. The maximum atomic E-state index is 10.3. The van der Waals surface area contributed by atoms with Crippen molar-refractivity contribution in [3.05, 3.63) is 29.8 Å². The van der Waals surface area contributed by atoms with Crippen LogP contribution in [0.1, 0.15) is 51.7 Å². The summed E-state index contributed by atoms with van der Waals surface area (Å²) >= 11 is 0. The zero-order valence-corrected chi connectivity index (χ0v) is 13.6. The summed E-state index contributed by atoms with van der Waals surface area (Å²) in [5, 5.41) is 10.3. The smallest absolute Gasteiger partial charge is 0.119 e. The van der Waals surface area contributed by atoms with Crippen molar-refractivity contribution >= 4 is 0 Å². The van der Waals surface area contributed by atoms with Gasteiger partial charge < -0.3 is 14.7 Å². The zero-order chi connectivity index (χ0) is 15.2. The molecule has 0 aliphatic carbocycles. The van der Waals surface area contributed by atoms with Gasteiger partial charge in [-0.15, -0.1) is 0 Å². The Balaban J connectivity index is 1.78. The molecular weight excluding hydrogens is 262 g/mol. The van der Waals surface area contributed by atoms with E-state index in [1.165, 1.54) is 25.9 Å². The molecule has 1 saturated heterocycles. The molecule has 1 atom stereocenters. The van der Waals surface area contributed by atoms with Gasteiger partial charge in [0.25, 0.3) is 0 Å². The number of likely N-dealkylation sites (tertiary alicyclic amines) is 1. The molecule has 1 heterocycles. The minimum Gasteiger partial charge on any atom is -0.491 e. The van der Waals surface area contributed by atoms with E-state index in [1.54, 1.807) is 0 Å². The molecule has 0 bridgehead atoms. The maximum absolute atomic E-state index is 10.3. The molecule has 21 heavy (non-hydrogen) atoms. The van der Waals surface area contributed by atoms with Gasteiger partial charge in [-0.1, -0.05) is 19.1 Å². The number of aliphatic hydroxyl groups is 1. The minimum atomic E-state index is -0.377. The lowest BCUT2D eigenvalue weighted by molar-refractivity contribution is 0.125. The molecule has 0 spiro atoms. The first kappa shape index (κ1) is 16.3. The molecule has 0 saturated carbocycles. The molecule has 3 nitrogen and oxygen atoms in total. The van der Waals surface area contributed by atoms with E-state index >= 15 is 0 Å². The monoisotopic (exact) mass is 291 g/mol. The molecule has 0 aromatic heterocycles. The summed E-state index contributed by atoms with van der Waals surface area (Å²) in [5.41, 5.74) is 0.983. The second kappa shape index (κ2) is 7.81. The van der Waals surface area contributed by atoms with Crippen molar-refractivity contribution in [3.63, 3.8) is 0 Å². The van der Waals surface area contributed by atoms with Crippen LogP contribution in [0.25, 0.3) is 0 Å². The zero-order valence-electron chi connectivity index (χ0n) is 13.6. The number of hydrogen-bond donors (Lipinski definition) is 1. The van der Waals surface area contributed by atoms with Crippen LogP contribution >= 0.6 is 0 Å². The first-order valence-corrected chi connectivity index (χ1v) is 8.21. The molecule has 1 N–H and O–H groups in total. The molecule has 1 aromatic carbocycles. The van der Waals surface area contributed by atoms with E-state index < -0.39 is 0 Å². The van der Waals surface area contributed by atoms with Crippen molar-refractivity contribution in [2.45, 2.75) is 52.2 Å². The molecule has 1 aliphatic heterocycles. The van der Waals surface area contributed by atoms with Crippen molar-refractivity contribution in [1.29, 1.82) is 0 Å². The number of nitrogens with zero attached hydrogens (tertiary/aromatic N) is 1. The van der Waals surface area contributed by atoms with Crippen LogP contribution in [0.15, 0.2) is 24.3 Å². The van der Waals surface area contributed by atoms with Crippen molar-refractivity contribution in [3.8, 4) is 5.75 Å². The van der Waals surface area contributed by atoms with Gasteiger partial charge in [0, 0.05) is 6.54 Å². The van der Waals surface area contributed by atoms with E-state index in [2.05, 4.69) is 11.8 Å². The Labute approximate surface area is 128 Å². The van der Waals surface area contributed by atoms with Gasteiger partial charge in [-0.05, 0) is 69.8 Å². The summed E-state index contributed by atoms with van der Waals surface area (Å²) in [7, 11) is 0. The van der Waals surface area contributed by atoms with Crippen LogP contribution in [0.2, 0.25) is 0 Å². The highest BCUT2D eigenvalue weighted by molar-refractivity contribution is 5.28. The fraction of sp³-hybridized carbons (Fsp3) is 0.667. The van der Waals surface area contributed by atoms with Crippen LogP contribution in [-0.4, -0.2) is 35.7 Å². The van der Waals surface area contributed by atoms with E-state index in [4.69, 9.17) is 4.74 Å². The Bertz CT molecular complexity index is 408. The van der Waals surface area contributed by atoms with Crippen LogP contribution in [-0.2, 0) is 0 Å². The second-order valence-electron chi connectivity index (χ2n) is 6.56. The molecule has 1 fully saturated rings. The highest BCUT2D eigenvalue weighted by Crippen LogP contribution is 2.22. The molecule has 118 valence electrons. The highest BCUT2D eigenvalue weighted by Gasteiger charge is 2.17. The fourth-order valence-corrected chi connectivity index (χ4v) is 2.80. The van der Waals surface area contributed by atoms with E-state index in [-0.39, 0.29) is 12.2 Å². The van der Waals surface area contributed by atoms with Gasteiger partial charge in [0.2, 0.25) is 0 Å². The molecule has 1 aliphatic rings. The summed E-state index contributed by atoms with van der Waals surface area (Å²) in [5.74, 6) is 1.73. The van der Waals surface area contributed by atoms with Gasteiger partial charge in [-0.25, -0.2) is 0 Å². The summed E-state index contributed by atoms with van der Waals surface area (Å²) in [6, 6.07) is 7.84. The number of ether oxygens (including phenoxy) is 1. The Hall–Kier alpha value is -1.06. The van der Waals surface area contributed by atoms with Crippen LogP contribution in [0, 0.1) is 5.92 Å². The van der Waals surface area contributed by atoms with Gasteiger partial charge in [-0.2, -0.15) is 0 Å². The SMILES string of the molecule is CC1CCN(CCC(O)c2ccc(OC(C)C)cc2)CC1. The molecule has 2 rings (SSSR count). The van der Waals surface area contributed by atoms with E-state index in [0.717, 1.165) is 30.2 Å². The van der Waals surface area contributed by atoms with Crippen LogP contribution in [0.4, 0.5) is 0 Å². The van der Waals surface area contributed by atoms with Crippen molar-refractivity contribution < 1.29 is 9.84 Å². The standard InChI is InChI=1S/C18H29NO2/c1-14(2)21-17-6-4-16(5-7-17)18(20)10-13-19-11-8-15(3)9-12-19/h4-7,14-15,18,20H,8-13H2,1-3H3. The van der Waals surface area contributed by atoms with Crippen molar-refractivity contribution in [2.24, 2.45) is 5.92 Å². The van der Waals surface area contributed by atoms with Gasteiger partial charge in [0.1, 0.15) is 5.75 Å². The number of benzene rings is 1. The van der Waals surface area contributed by atoms with Gasteiger partial charge in [-0.3, -0.25) is 0 Å². The van der Waals surface area contributed by atoms with Gasteiger partial charge in [0.05, 0.1) is 12.2 Å². The lowest BCUT2D eigenvalue weighted by Crippen LogP contribution is -2.34. The van der Waals surface area contributed by atoms with Crippen LogP contribution in [0.5, 0.6) is 5.75 Å². The Kier molecular flexibility index (Phi) is 6.07. The minimum absolute atomic E-state index is 0.183. The second-order valence-corrected chi connectivity index (χ2v) is 6.56. The lowest BCUT2D eigenvalue weighted by atomic mass is 9.98. The number of piperidine rings is 1. The molecular formula is C18H29NO2. The fourth-order valence-electron chi connectivity index (χ4n) is 2.80. The lowest BCUT2D eigenvalue weighted by Gasteiger charge is -2.30. The third kappa shape index (κ3) is 5.33. The average Bonchev–Trinajstić information content (AvgIpc) is 2.46. The van der Waals surface area contributed by atoms with Gasteiger partial charge in [0.15, 0.2) is 0 Å². The summed E-state index contributed by atoms with van der Waals surface area (Å²) < 4.78 is 5.62. The number of rotatable bonds is 6. The molecule has 0 amide bonds. The quantitative estimate of drug-likeness (QED) is 0.868. The molecule has 1 aromatic rings. The molecule has 3 heteroatoms. The highest BCUT2D eigenvalue weighted by atomic mass is 16.5. The van der Waals surface area contributed by atoms with E-state index in [1.807, 2.05) is 38.1 Å². The van der Waals surface area contributed by atoms with Gasteiger partial charge >= 0.3 is 0 Å². The van der Waals surface area contributed by atoms with Crippen molar-refractivity contribution in [1.82, 2.24) is 4.90 Å². The average molecular weight is 291 g/mol. The Morgan fingerprint density at radius 3 is 2.38 bits per heavy atom. The summed E-state index contributed by atoms with van der Waals surface area (Å²) in [6.45, 7) is 9.69. The Morgan fingerprint density at radius 1 is 1.19 bits per heavy atom. The normalized spacial score (nSPS) is 18.9. The molecule has 1 unspecified atom stereocenters. The third-order valence-corrected chi connectivity index (χ3v) is 4.23. The van der Waals surface area contributed by atoms with Crippen molar-refractivity contribution in [2.75, 3.05) is 19.6 Å². The van der Waals surface area contributed by atoms with Crippen LogP contribution < -0.4 is 4.74 Å². The Morgan fingerprint density at radius 2 is 1.81 bits per heavy atom. The maximum Gasteiger partial charge on any atom is 0.119 e. The third-order valence-electron chi connectivity index (χ3n) is 4.23. The molecule has 0 radical (unpaired) electrons. The van der Waals surface area contributed by atoms with E-state index in [9.17, 15) is 5.11 Å². The number of hydrogen-bond acceptors (Lipinski definition) is 3. The first-order chi connectivity index (χ1) is 10.0.